The first-order valence-corrected chi connectivity index (χ1v) is 9.12. The van der Waals surface area contributed by atoms with E-state index in [9.17, 15) is 0 Å². The molecule has 3 heteroatoms. The molecule has 112 valence electrons. The van der Waals surface area contributed by atoms with Crippen LogP contribution in [0.3, 0.4) is 0 Å². The van der Waals surface area contributed by atoms with Crippen LogP contribution in [0, 0.1) is 0 Å². The highest BCUT2D eigenvalue weighted by atomic mass is 32.1. The molecular formula is C17H28N2S. The fourth-order valence-corrected chi connectivity index (χ4v) is 4.77. The third kappa shape index (κ3) is 3.44. The summed E-state index contributed by atoms with van der Waals surface area (Å²) >= 11 is 2.05. The molecule has 0 radical (unpaired) electrons. The van der Waals surface area contributed by atoms with Crippen molar-refractivity contribution < 1.29 is 0 Å². The minimum absolute atomic E-state index is 0.703. The van der Waals surface area contributed by atoms with Gasteiger partial charge in [-0.3, -0.25) is 0 Å². The summed E-state index contributed by atoms with van der Waals surface area (Å²) in [7, 11) is 0. The van der Waals surface area contributed by atoms with Gasteiger partial charge >= 0.3 is 0 Å². The molecule has 3 rings (SSSR count). The molecule has 1 atom stereocenters. The Morgan fingerprint density at radius 3 is 2.95 bits per heavy atom. The normalized spacial score (nSPS) is 24.1. The predicted octanol–water partition coefficient (Wildman–Crippen LogP) is 3.59. The number of likely N-dealkylation sites (tertiary alicyclic amines) is 1. The van der Waals surface area contributed by atoms with Crippen molar-refractivity contribution in [2.45, 2.75) is 71.0 Å². The third-order valence-corrected chi connectivity index (χ3v) is 6.09. The maximum atomic E-state index is 3.81. The van der Waals surface area contributed by atoms with Gasteiger partial charge in [0.1, 0.15) is 0 Å². The smallest absolute Gasteiger partial charge is 0.0302 e. The van der Waals surface area contributed by atoms with Crippen molar-refractivity contribution in [2.24, 2.45) is 0 Å². The van der Waals surface area contributed by atoms with E-state index in [0.29, 0.717) is 6.04 Å². The highest BCUT2D eigenvalue weighted by Gasteiger charge is 2.19. The molecule has 1 aliphatic heterocycles. The summed E-state index contributed by atoms with van der Waals surface area (Å²) in [5, 5.41) is 3.81. The Hall–Kier alpha value is -0.380. The fraction of sp³-hybridized carbons (Fsp3) is 0.765. The predicted molar refractivity (Wildman–Crippen MR) is 87.5 cm³/mol. The number of hydrogen-bond acceptors (Lipinski definition) is 3. The van der Waals surface area contributed by atoms with Crippen LogP contribution in [0.5, 0.6) is 0 Å². The van der Waals surface area contributed by atoms with Gasteiger partial charge in [0.2, 0.25) is 0 Å². The number of rotatable bonds is 4. The molecule has 1 aliphatic carbocycles. The number of aryl methyl sites for hydroxylation is 2. The van der Waals surface area contributed by atoms with Crippen LogP contribution in [0.15, 0.2) is 6.07 Å². The van der Waals surface area contributed by atoms with Gasteiger partial charge in [-0.1, -0.05) is 0 Å². The van der Waals surface area contributed by atoms with Crippen LogP contribution in [-0.4, -0.2) is 30.1 Å². The highest BCUT2D eigenvalue weighted by Crippen LogP contribution is 2.30. The zero-order valence-corrected chi connectivity index (χ0v) is 13.8. The molecule has 1 aromatic heterocycles. The van der Waals surface area contributed by atoms with Crippen molar-refractivity contribution in [3.05, 3.63) is 21.4 Å². The Morgan fingerprint density at radius 2 is 2.15 bits per heavy atom. The van der Waals surface area contributed by atoms with E-state index in [2.05, 4.69) is 30.1 Å². The fourth-order valence-electron chi connectivity index (χ4n) is 3.56. The Kier molecular flexibility index (Phi) is 4.79. The van der Waals surface area contributed by atoms with Gasteiger partial charge in [0.15, 0.2) is 0 Å². The van der Waals surface area contributed by atoms with E-state index in [-0.39, 0.29) is 0 Å². The van der Waals surface area contributed by atoms with E-state index >= 15 is 0 Å². The average molecular weight is 292 g/mol. The number of nitrogens with zero attached hydrogens (tertiary/aromatic N) is 1. The van der Waals surface area contributed by atoms with Gasteiger partial charge in [-0.2, -0.15) is 0 Å². The standard InChI is InChI=1S/C17H28N2S/c1-13(2)19-9-4-6-15(8-10-19)18-12-16-11-14-5-3-7-17(14)20-16/h11,13,15,18H,3-10,12H2,1-2H3. The van der Waals surface area contributed by atoms with Gasteiger partial charge in [0.05, 0.1) is 0 Å². The summed E-state index contributed by atoms with van der Waals surface area (Å²) < 4.78 is 0. The largest absolute Gasteiger partial charge is 0.309 e. The summed E-state index contributed by atoms with van der Waals surface area (Å²) in [6, 6.07) is 3.88. The van der Waals surface area contributed by atoms with Crippen molar-refractivity contribution in [1.29, 1.82) is 0 Å². The molecule has 0 saturated carbocycles. The van der Waals surface area contributed by atoms with Crippen LogP contribution in [-0.2, 0) is 19.4 Å². The molecule has 1 saturated heterocycles. The van der Waals surface area contributed by atoms with Crippen LogP contribution >= 0.6 is 11.3 Å². The number of nitrogens with one attached hydrogen (secondary N) is 1. The van der Waals surface area contributed by atoms with Crippen LogP contribution in [0.2, 0.25) is 0 Å². The maximum Gasteiger partial charge on any atom is 0.0302 e. The lowest BCUT2D eigenvalue weighted by Crippen LogP contribution is -2.33. The number of fused-ring (bicyclic) bond motifs is 1. The van der Waals surface area contributed by atoms with Crippen LogP contribution in [0.4, 0.5) is 0 Å². The Morgan fingerprint density at radius 1 is 1.25 bits per heavy atom. The number of hydrogen-bond donors (Lipinski definition) is 1. The molecule has 1 fully saturated rings. The highest BCUT2D eigenvalue weighted by molar-refractivity contribution is 7.12. The Bertz CT molecular complexity index is 417. The lowest BCUT2D eigenvalue weighted by molar-refractivity contribution is 0.229. The minimum Gasteiger partial charge on any atom is -0.309 e. The van der Waals surface area contributed by atoms with E-state index in [1.807, 2.05) is 11.3 Å². The quantitative estimate of drug-likeness (QED) is 0.912. The van der Waals surface area contributed by atoms with Gasteiger partial charge in [-0.05, 0) is 77.1 Å². The maximum absolute atomic E-state index is 3.81. The zero-order chi connectivity index (χ0) is 13.9. The van der Waals surface area contributed by atoms with Gasteiger partial charge < -0.3 is 10.2 Å². The summed E-state index contributed by atoms with van der Waals surface area (Å²) in [5.41, 5.74) is 1.64. The van der Waals surface area contributed by atoms with Crippen LogP contribution in [0.1, 0.15) is 54.8 Å². The summed E-state index contributed by atoms with van der Waals surface area (Å²) in [6.45, 7) is 8.27. The van der Waals surface area contributed by atoms with E-state index in [0.717, 1.165) is 12.6 Å². The van der Waals surface area contributed by atoms with E-state index in [1.165, 1.54) is 51.6 Å². The first-order valence-electron chi connectivity index (χ1n) is 8.30. The molecule has 1 aromatic rings. The topological polar surface area (TPSA) is 15.3 Å². The molecule has 0 aromatic carbocycles. The second kappa shape index (κ2) is 6.59. The van der Waals surface area contributed by atoms with E-state index in [1.54, 1.807) is 15.3 Å². The summed E-state index contributed by atoms with van der Waals surface area (Å²) in [4.78, 5) is 5.84. The molecule has 1 N–H and O–H groups in total. The van der Waals surface area contributed by atoms with E-state index in [4.69, 9.17) is 0 Å². The monoisotopic (exact) mass is 292 g/mol. The summed E-state index contributed by atoms with van der Waals surface area (Å²) in [5.74, 6) is 0. The third-order valence-electron chi connectivity index (χ3n) is 4.86. The Balaban J connectivity index is 1.48. The SMILES string of the molecule is CC(C)N1CCCC(NCc2cc3c(s2)CCC3)CC1. The molecule has 2 aliphatic rings. The van der Waals surface area contributed by atoms with Crippen LogP contribution < -0.4 is 5.32 Å². The second-order valence-electron chi connectivity index (χ2n) is 6.65. The van der Waals surface area contributed by atoms with Gasteiger partial charge in [-0.15, -0.1) is 11.3 Å². The molecule has 2 heterocycles. The van der Waals surface area contributed by atoms with Gasteiger partial charge in [-0.25, -0.2) is 0 Å². The zero-order valence-electron chi connectivity index (χ0n) is 13.0. The van der Waals surface area contributed by atoms with Crippen molar-refractivity contribution in [1.82, 2.24) is 10.2 Å². The van der Waals surface area contributed by atoms with Crippen LogP contribution in [0.25, 0.3) is 0 Å². The molecule has 0 bridgehead atoms. The average Bonchev–Trinajstić information content (AvgIpc) is 2.90. The Labute approximate surface area is 127 Å². The van der Waals surface area contributed by atoms with Crippen molar-refractivity contribution in [2.75, 3.05) is 13.1 Å². The molecule has 1 unspecified atom stereocenters. The van der Waals surface area contributed by atoms with Crippen molar-refractivity contribution in [3.8, 4) is 0 Å². The second-order valence-corrected chi connectivity index (χ2v) is 7.87. The minimum atomic E-state index is 0.703. The number of thiophene rings is 1. The van der Waals surface area contributed by atoms with E-state index < -0.39 is 0 Å². The van der Waals surface area contributed by atoms with Gasteiger partial charge in [0, 0.05) is 28.4 Å². The van der Waals surface area contributed by atoms with Crippen molar-refractivity contribution >= 4 is 11.3 Å². The lowest BCUT2D eigenvalue weighted by Gasteiger charge is -2.24. The molecular weight excluding hydrogens is 264 g/mol. The first-order chi connectivity index (χ1) is 9.72. The molecule has 2 nitrogen and oxygen atoms in total. The summed E-state index contributed by atoms with van der Waals surface area (Å²) in [6.07, 6.45) is 8.02. The van der Waals surface area contributed by atoms with Crippen molar-refractivity contribution in [3.63, 3.8) is 0 Å². The lowest BCUT2D eigenvalue weighted by atomic mass is 10.1. The molecule has 0 amide bonds. The van der Waals surface area contributed by atoms with Gasteiger partial charge in [0.25, 0.3) is 0 Å². The first kappa shape index (κ1) is 14.6. The molecule has 0 spiro atoms. The molecule has 20 heavy (non-hydrogen) atoms.